The average Bonchev–Trinajstić information content (AvgIpc) is 2.73. The van der Waals surface area contributed by atoms with Gasteiger partial charge in [-0.25, -0.2) is 4.79 Å². The third-order valence-corrected chi connectivity index (χ3v) is 4.14. The zero-order chi connectivity index (χ0) is 20.8. The molecule has 29 heavy (non-hydrogen) atoms. The van der Waals surface area contributed by atoms with E-state index in [1.807, 2.05) is 0 Å². The van der Waals surface area contributed by atoms with Crippen molar-refractivity contribution in [2.75, 3.05) is 11.9 Å². The minimum atomic E-state index is -0.932. The van der Waals surface area contributed by atoms with Crippen molar-refractivity contribution in [2.24, 2.45) is 0 Å². The number of hydrogen-bond acceptors (Lipinski definition) is 5. The van der Waals surface area contributed by atoms with Gasteiger partial charge in [0.1, 0.15) is 5.56 Å². The van der Waals surface area contributed by atoms with Gasteiger partial charge >= 0.3 is 5.97 Å². The topological polar surface area (TPSA) is 105 Å². The highest BCUT2D eigenvalue weighted by Crippen LogP contribution is 2.23. The molecule has 0 aliphatic heterocycles. The number of pyridine rings is 1. The standard InChI is InChI=1S/C21H15ClN2O5/c22-14-8-9-17(16(11-14)19(26)13-5-2-1-3-6-13)24-18(25)12-29-21(28)15-7-4-10-23-20(15)27/h1-11H,12H2,(H,23,27)(H,24,25). The third-order valence-electron chi connectivity index (χ3n) is 3.91. The molecule has 0 unspecified atom stereocenters. The van der Waals surface area contributed by atoms with E-state index in [2.05, 4.69) is 10.3 Å². The zero-order valence-electron chi connectivity index (χ0n) is 15.0. The number of halogens is 1. The van der Waals surface area contributed by atoms with E-state index >= 15 is 0 Å². The number of H-pyrrole nitrogens is 1. The number of aromatic amines is 1. The third kappa shape index (κ3) is 4.97. The van der Waals surface area contributed by atoms with Crippen molar-refractivity contribution in [3.8, 4) is 0 Å². The van der Waals surface area contributed by atoms with Gasteiger partial charge in [0.05, 0.1) is 5.69 Å². The highest BCUT2D eigenvalue weighted by atomic mass is 35.5. The van der Waals surface area contributed by atoms with Gasteiger partial charge in [0.15, 0.2) is 12.4 Å². The molecule has 3 aromatic rings. The Labute approximate surface area is 170 Å². The second-order valence-electron chi connectivity index (χ2n) is 5.92. The van der Waals surface area contributed by atoms with Gasteiger partial charge < -0.3 is 15.0 Å². The summed E-state index contributed by atoms with van der Waals surface area (Å²) in [6.45, 7) is -0.630. The molecule has 1 heterocycles. The van der Waals surface area contributed by atoms with Crippen LogP contribution >= 0.6 is 11.6 Å². The Bertz CT molecular complexity index is 1130. The lowest BCUT2D eigenvalue weighted by molar-refractivity contribution is -0.119. The molecule has 0 bridgehead atoms. The molecule has 0 atom stereocenters. The first-order valence-corrected chi connectivity index (χ1v) is 8.87. The van der Waals surface area contributed by atoms with Crippen LogP contribution in [-0.2, 0) is 9.53 Å². The molecule has 1 aromatic heterocycles. The number of rotatable bonds is 6. The van der Waals surface area contributed by atoms with Crippen molar-refractivity contribution in [3.63, 3.8) is 0 Å². The highest BCUT2D eigenvalue weighted by Gasteiger charge is 2.18. The van der Waals surface area contributed by atoms with Crippen molar-refractivity contribution in [1.82, 2.24) is 4.98 Å². The number of aromatic nitrogens is 1. The summed E-state index contributed by atoms with van der Waals surface area (Å²) < 4.78 is 4.87. The number of esters is 1. The smallest absolute Gasteiger partial charge is 0.344 e. The highest BCUT2D eigenvalue weighted by molar-refractivity contribution is 6.31. The molecule has 0 fully saturated rings. The fourth-order valence-electron chi connectivity index (χ4n) is 2.54. The normalized spacial score (nSPS) is 10.2. The predicted octanol–water partition coefficient (Wildman–Crippen LogP) is 3.05. The van der Waals surface area contributed by atoms with Crippen molar-refractivity contribution >= 4 is 34.9 Å². The van der Waals surface area contributed by atoms with Crippen molar-refractivity contribution < 1.29 is 19.1 Å². The quantitative estimate of drug-likeness (QED) is 0.480. The maximum absolute atomic E-state index is 12.8. The number of carbonyl (C=O) groups is 3. The van der Waals surface area contributed by atoms with E-state index in [4.69, 9.17) is 16.3 Å². The number of carbonyl (C=O) groups excluding carboxylic acids is 3. The number of nitrogens with one attached hydrogen (secondary N) is 2. The number of amides is 1. The minimum Gasteiger partial charge on any atom is -0.452 e. The van der Waals surface area contributed by atoms with Crippen molar-refractivity contribution in [1.29, 1.82) is 0 Å². The average molecular weight is 411 g/mol. The summed E-state index contributed by atoms with van der Waals surface area (Å²) in [6, 6.07) is 15.7. The summed E-state index contributed by atoms with van der Waals surface area (Å²) in [5, 5.41) is 2.86. The van der Waals surface area contributed by atoms with Crippen LogP contribution in [0.25, 0.3) is 0 Å². The van der Waals surface area contributed by atoms with Crippen LogP contribution in [-0.4, -0.2) is 29.3 Å². The monoisotopic (exact) mass is 410 g/mol. The predicted molar refractivity (Wildman–Crippen MR) is 107 cm³/mol. The SMILES string of the molecule is O=C(COC(=O)c1ccc[nH]c1=O)Nc1ccc(Cl)cc1C(=O)c1ccccc1. The molecule has 0 aliphatic rings. The number of hydrogen-bond donors (Lipinski definition) is 2. The molecule has 0 aliphatic carbocycles. The number of ketones is 1. The van der Waals surface area contributed by atoms with Crippen LogP contribution in [0.4, 0.5) is 5.69 Å². The van der Waals surface area contributed by atoms with Gasteiger partial charge in [0.2, 0.25) is 0 Å². The van der Waals surface area contributed by atoms with E-state index in [-0.39, 0.29) is 22.6 Å². The van der Waals surface area contributed by atoms with Crippen LogP contribution in [0.2, 0.25) is 5.02 Å². The van der Waals surface area contributed by atoms with Crippen LogP contribution in [0.3, 0.4) is 0 Å². The number of anilines is 1. The van der Waals surface area contributed by atoms with E-state index in [1.54, 1.807) is 30.3 Å². The Morgan fingerprint density at radius 1 is 0.966 bits per heavy atom. The molecular weight excluding hydrogens is 396 g/mol. The van der Waals surface area contributed by atoms with Crippen molar-refractivity contribution in [3.05, 3.63) is 98.9 Å². The van der Waals surface area contributed by atoms with E-state index in [0.717, 1.165) is 0 Å². The summed E-state index contributed by atoms with van der Waals surface area (Å²) >= 11 is 6.00. The first kappa shape index (κ1) is 20.0. The lowest BCUT2D eigenvalue weighted by atomic mass is 10.0. The van der Waals surface area contributed by atoms with Crippen molar-refractivity contribution in [2.45, 2.75) is 0 Å². The lowest BCUT2D eigenvalue weighted by Gasteiger charge is -2.11. The van der Waals surface area contributed by atoms with Crippen LogP contribution < -0.4 is 10.9 Å². The van der Waals surface area contributed by atoms with E-state index in [1.165, 1.54) is 36.5 Å². The summed E-state index contributed by atoms with van der Waals surface area (Å²) in [5.74, 6) is -1.93. The number of ether oxygens (including phenoxy) is 1. The van der Waals surface area contributed by atoms with Gasteiger partial charge in [-0.1, -0.05) is 41.9 Å². The molecule has 146 valence electrons. The largest absolute Gasteiger partial charge is 0.452 e. The Morgan fingerprint density at radius 3 is 2.45 bits per heavy atom. The van der Waals surface area contributed by atoms with E-state index in [0.29, 0.717) is 10.6 Å². The van der Waals surface area contributed by atoms with Gasteiger partial charge in [-0.2, -0.15) is 0 Å². The summed E-state index contributed by atoms with van der Waals surface area (Å²) in [6.07, 6.45) is 1.37. The molecule has 0 radical (unpaired) electrons. The Morgan fingerprint density at radius 2 is 1.72 bits per heavy atom. The number of benzene rings is 2. The molecule has 2 N–H and O–H groups in total. The zero-order valence-corrected chi connectivity index (χ0v) is 15.7. The molecule has 3 rings (SSSR count). The van der Waals surface area contributed by atoms with Crippen LogP contribution in [0, 0.1) is 0 Å². The summed E-state index contributed by atoms with van der Waals surface area (Å²) in [5.41, 5.74) is 0.0165. The van der Waals surface area contributed by atoms with Gasteiger partial charge in [-0.05, 0) is 30.3 Å². The maximum atomic E-state index is 12.8. The van der Waals surface area contributed by atoms with Crippen LogP contribution in [0.15, 0.2) is 71.7 Å². The molecule has 0 saturated carbocycles. The Balaban J connectivity index is 1.72. The molecule has 7 nitrogen and oxygen atoms in total. The van der Waals surface area contributed by atoms with Gasteiger partial charge in [0.25, 0.3) is 11.5 Å². The Kier molecular flexibility index (Phi) is 6.21. The second-order valence-corrected chi connectivity index (χ2v) is 6.36. The van der Waals surface area contributed by atoms with E-state index in [9.17, 15) is 19.2 Å². The summed E-state index contributed by atoms with van der Waals surface area (Å²) in [4.78, 5) is 50.8. The molecule has 0 spiro atoms. The lowest BCUT2D eigenvalue weighted by Crippen LogP contribution is -2.25. The molecular formula is C21H15ClN2O5. The summed E-state index contributed by atoms with van der Waals surface area (Å²) in [7, 11) is 0. The van der Waals surface area contributed by atoms with Gasteiger partial charge in [0, 0.05) is 22.3 Å². The maximum Gasteiger partial charge on any atom is 0.344 e. The van der Waals surface area contributed by atoms with E-state index < -0.39 is 24.0 Å². The van der Waals surface area contributed by atoms with Gasteiger partial charge in [-0.3, -0.25) is 14.4 Å². The first-order valence-electron chi connectivity index (χ1n) is 8.49. The first-order chi connectivity index (χ1) is 14.0. The van der Waals surface area contributed by atoms with Crippen LogP contribution in [0.5, 0.6) is 0 Å². The molecule has 8 heteroatoms. The molecule has 0 saturated heterocycles. The second kappa shape index (κ2) is 8.99. The fraction of sp³-hybridized carbons (Fsp3) is 0.0476. The molecule has 2 aromatic carbocycles. The molecule has 1 amide bonds. The fourth-order valence-corrected chi connectivity index (χ4v) is 2.71. The van der Waals surface area contributed by atoms with Gasteiger partial charge in [-0.15, -0.1) is 0 Å². The Hall–Kier alpha value is -3.71. The van der Waals surface area contributed by atoms with Crippen LogP contribution in [0.1, 0.15) is 26.3 Å². The minimum absolute atomic E-state index is 0.197.